The second-order valence-electron chi connectivity index (χ2n) is 5.89. The Morgan fingerprint density at radius 3 is 2.62 bits per heavy atom. The third-order valence-electron chi connectivity index (χ3n) is 4.60. The molecule has 1 aromatic carbocycles. The van der Waals surface area contributed by atoms with Crippen LogP contribution in [-0.2, 0) is 4.79 Å². The van der Waals surface area contributed by atoms with Crippen LogP contribution in [-0.4, -0.2) is 30.8 Å². The highest BCUT2D eigenvalue weighted by molar-refractivity contribution is 6.31. The predicted octanol–water partition coefficient (Wildman–Crippen LogP) is 2.17. The fourth-order valence-electron chi connectivity index (χ4n) is 3.37. The molecule has 2 saturated heterocycles. The van der Waals surface area contributed by atoms with Crippen molar-refractivity contribution < 1.29 is 4.79 Å². The minimum Gasteiger partial charge on any atom is -0.398 e. The van der Waals surface area contributed by atoms with E-state index in [1.165, 1.54) is 6.21 Å². The van der Waals surface area contributed by atoms with E-state index >= 15 is 0 Å². The second-order valence-corrected chi connectivity index (χ2v) is 6.32. The molecule has 0 aromatic heterocycles. The first kappa shape index (κ1) is 14.2. The van der Waals surface area contributed by atoms with E-state index in [4.69, 9.17) is 22.7 Å². The van der Waals surface area contributed by atoms with E-state index in [1.807, 2.05) is 6.07 Å². The molecule has 112 valence electrons. The highest BCUT2D eigenvalue weighted by atomic mass is 35.5. The summed E-state index contributed by atoms with van der Waals surface area (Å²) in [7, 11) is 0. The minimum atomic E-state index is -0.0253. The number of hydrogen-bond acceptors (Lipinski definition) is 4. The largest absolute Gasteiger partial charge is 0.398 e. The summed E-state index contributed by atoms with van der Waals surface area (Å²) in [6, 6.07) is 3.54. The summed E-state index contributed by atoms with van der Waals surface area (Å²) in [5, 5.41) is 11.3. The van der Waals surface area contributed by atoms with Gasteiger partial charge < -0.3 is 21.4 Å². The van der Waals surface area contributed by atoms with E-state index < -0.39 is 0 Å². The van der Waals surface area contributed by atoms with Crippen molar-refractivity contribution in [3.05, 3.63) is 22.7 Å². The number of hydrogen-bond donors (Lipinski definition) is 3. The number of amides is 1. The highest BCUT2D eigenvalue weighted by Gasteiger charge is 2.40. The molecule has 21 heavy (non-hydrogen) atoms. The number of nitrogen functional groups attached to an aromatic ring is 1. The molecule has 5 nitrogen and oxygen atoms in total. The molecule has 2 fully saturated rings. The Hall–Kier alpha value is -1.75. The van der Waals surface area contributed by atoms with Crippen LogP contribution >= 0.6 is 11.6 Å². The first-order valence-electron chi connectivity index (χ1n) is 7.18. The van der Waals surface area contributed by atoms with Gasteiger partial charge in [-0.05, 0) is 31.4 Å². The summed E-state index contributed by atoms with van der Waals surface area (Å²) in [6.45, 7) is 1.67. The van der Waals surface area contributed by atoms with E-state index in [1.54, 1.807) is 6.07 Å². The number of carbonyl (C=O) groups is 1. The lowest BCUT2D eigenvalue weighted by Gasteiger charge is -2.40. The molecule has 0 atom stereocenters. The summed E-state index contributed by atoms with van der Waals surface area (Å²) in [6.07, 6.45) is 4.68. The van der Waals surface area contributed by atoms with Crippen LogP contribution in [0.3, 0.4) is 0 Å². The number of benzene rings is 1. The highest BCUT2D eigenvalue weighted by Crippen LogP contribution is 2.36. The van der Waals surface area contributed by atoms with Crippen molar-refractivity contribution in [1.82, 2.24) is 5.32 Å². The molecule has 4 N–H and O–H groups in total. The number of nitrogens with one attached hydrogen (secondary N) is 2. The minimum absolute atomic E-state index is 0.0253. The Morgan fingerprint density at radius 1 is 1.33 bits per heavy atom. The molecule has 3 rings (SSSR count). The van der Waals surface area contributed by atoms with Gasteiger partial charge in [0.1, 0.15) is 0 Å². The van der Waals surface area contributed by atoms with Gasteiger partial charge in [0.15, 0.2) is 0 Å². The van der Waals surface area contributed by atoms with Crippen molar-refractivity contribution >= 4 is 35.1 Å². The van der Waals surface area contributed by atoms with Crippen molar-refractivity contribution in [3.8, 4) is 0 Å². The van der Waals surface area contributed by atoms with E-state index in [0.29, 0.717) is 22.7 Å². The van der Waals surface area contributed by atoms with E-state index in [2.05, 4.69) is 10.2 Å². The smallest absolute Gasteiger partial charge is 0.220 e. The summed E-state index contributed by atoms with van der Waals surface area (Å²) >= 11 is 6.10. The van der Waals surface area contributed by atoms with Crippen LogP contribution in [0.15, 0.2) is 12.1 Å². The molecular weight excluding hydrogens is 288 g/mol. The first-order valence-corrected chi connectivity index (χ1v) is 7.56. The van der Waals surface area contributed by atoms with Gasteiger partial charge in [-0.15, -0.1) is 0 Å². The summed E-state index contributed by atoms with van der Waals surface area (Å²) < 4.78 is 0. The molecule has 1 spiro atoms. The van der Waals surface area contributed by atoms with Gasteiger partial charge in [-0.2, -0.15) is 0 Å². The van der Waals surface area contributed by atoms with Gasteiger partial charge in [0.25, 0.3) is 0 Å². The van der Waals surface area contributed by atoms with Gasteiger partial charge in [-0.25, -0.2) is 0 Å². The zero-order chi connectivity index (χ0) is 15.0. The second kappa shape index (κ2) is 5.22. The lowest BCUT2D eigenvalue weighted by atomic mass is 9.86. The number of nitrogens with zero attached hydrogens (tertiary/aromatic N) is 1. The van der Waals surface area contributed by atoms with Gasteiger partial charge in [0.05, 0.1) is 0 Å². The van der Waals surface area contributed by atoms with E-state index in [0.717, 1.165) is 38.0 Å². The van der Waals surface area contributed by atoms with Crippen LogP contribution in [0.4, 0.5) is 11.4 Å². The molecule has 0 aliphatic carbocycles. The van der Waals surface area contributed by atoms with Crippen LogP contribution in [0, 0.1) is 5.41 Å². The van der Waals surface area contributed by atoms with Gasteiger partial charge in [0.2, 0.25) is 5.91 Å². The standard InChI is InChI=1S/C15H19ClN4O/c16-10-7-12(18)11(9-17)13(8-10)20-5-3-15(4-6-20)2-1-14(21)19-15/h7-9,17H,1-6,18H2,(H,19,21). The number of carbonyl (C=O) groups excluding carboxylic acids is 1. The molecule has 1 aromatic rings. The van der Waals surface area contributed by atoms with Crippen molar-refractivity contribution in [3.63, 3.8) is 0 Å². The SMILES string of the molecule is N=Cc1c(N)cc(Cl)cc1N1CCC2(CCC(=O)N2)CC1. The molecule has 1 amide bonds. The summed E-state index contributed by atoms with van der Waals surface area (Å²) in [4.78, 5) is 13.7. The molecule has 2 heterocycles. The summed E-state index contributed by atoms with van der Waals surface area (Å²) in [5.74, 6) is 0.163. The Kier molecular flexibility index (Phi) is 3.53. The Bertz CT molecular complexity index is 594. The van der Waals surface area contributed by atoms with Gasteiger partial charge in [-0.3, -0.25) is 4.79 Å². The Morgan fingerprint density at radius 2 is 2.05 bits per heavy atom. The molecule has 2 aliphatic rings. The number of piperidine rings is 1. The number of rotatable bonds is 2. The molecule has 6 heteroatoms. The van der Waals surface area contributed by atoms with Gasteiger partial charge in [0, 0.05) is 53.2 Å². The number of nitrogens with two attached hydrogens (primary N) is 1. The van der Waals surface area contributed by atoms with E-state index in [-0.39, 0.29) is 11.4 Å². The zero-order valence-electron chi connectivity index (χ0n) is 11.8. The molecule has 0 bridgehead atoms. The van der Waals surface area contributed by atoms with Crippen molar-refractivity contribution in [2.45, 2.75) is 31.2 Å². The predicted molar refractivity (Wildman–Crippen MR) is 85.3 cm³/mol. The van der Waals surface area contributed by atoms with Gasteiger partial charge >= 0.3 is 0 Å². The van der Waals surface area contributed by atoms with Crippen LogP contribution in [0.1, 0.15) is 31.2 Å². The molecule has 2 aliphatic heterocycles. The van der Waals surface area contributed by atoms with Crippen molar-refractivity contribution in [1.29, 1.82) is 5.41 Å². The maximum Gasteiger partial charge on any atom is 0.220 e. The average molecular weight is 307 g/mol. The third kappa shape index (κ3) is 2.58. The van der Waals surface area contributed by atoms with Gasteiger partial charge in [-0.1, -0.05) is 11.6 Å². The topological polar surface area (TPSA) is 82.2 Å². The molecular formula is C15H19ClN4O. The maximum absolute atomic E-state index is 11.5. The van der Waals surface area contributed by atoms with Crippen LogP contribution in [0.5, 0.6) is 0 Å². The van der Waals surface area contributed by atoms with Crippen molar-refractivity contribution in [2.24, 2.45) is 0 Å². The molecule has 0 saturated carbocycles. The Balaban J connectivity index is 1.81. The summed E-state index contributed by atoms with van der Waals surface area (Å²) in [5.41, 5.74) is 8.08. The van der Waals surface area contributed by atoms with Crippen LogP contribution in [0.2, 0.25) is 5.02 Å². The first-order chi connectivity index (χ1) is 10.0. The van der Waals surface area contributed by atoms with Crippen LogP contribution in [0.25, 0.3) is 0 Å². The van der Waals surface area contributed by atoms with E-state index in [9.17, 15) is 4.79 Å². The fraction of sp³-hybridized carbons (Fsp3) is 0.467. The molecule has 0 radical (unpaired) electrons. The lowest BCUT2D eigenvalue weighted by Crippen LogP contribution is -2.51. The Labute approximate surface area is 129 Å². The molecule has 0 unspecified atom stereocenters. The third-order valence-corrected chi connectivity index (χ3v) is 4.81. The monoisotopic (exact) mass is 306 g/mol. The average Bonchev–Trinajstić information content (AvgIpc) is 2.80. The van der Waals surface area contributed by atoms with Crippen LogP contribution < -0.4 is 16.0 Å². The fourth-order valence-corrected chi connectivity index (χ4v) is 3.59. The normalized spacial score (nSPS) is 20.6. The lowest BCUT2D eigenvalue weighted by molar-refractivity contribution is -0.119. The zero-order valence-corrected chi connectivity index (χ0v) is 12.5. The van der Waals surface area contributed by atoms with Crippen molar-refractivity contribution in [2.75, 3.05) is 23.7 Å². The maximum atomic E-state index is 11.5. The number of halogens is 1. The quantitative estimate of drug-likeness (QED) is 0.578. The number of anilines is 2.